The topological polar surface area (TPSA) is 107 Å². The third kappa shape index (κ3) is 2.21. The molecule has 0 saturated heterocycles. The summed E-state index contributed by atoms with van der Waals surface area (Å²) in [5, 5.41) is 41.7. The number of nitriles is 1. The molecule has 6 heteroatoms. The molecular weight excluding hydrogens is 296 g/mol. The van der Waals surface area contributed by atoms with Gasteiger partial charge in [-0.15, -0.1) is 0 Å². The second-order valence-electron chi connectivity index (χ2n) is 4.91. The molecule has 112 valence electrons. The fourth-order valence-corrected chi connectivity index (χ4v) is 2.54. The highest BCUT2D eigenvalue weighted by molar-refractivity contribution is 6.02. The lowest BCUT2D eigenvalue weighted by Gasteiger charge is -2.13. The summed E-state index contributed by atoms with van der Waals surface area (Å²) in [5.41, 5.74) is 0.385. The first-order valence-corrected chi connectivity index (χ1v) is 6.66. The molecular formula is C17H10N2O4. The lowest BCUT2D eigenvalue weighted by atomic mass is 9.93. The minimum Gasteiger partial charge on any atom is -0.507 e. The number of nitro benzene ring substituents is 1. The van der Waals surface area contributed by atoms with Crippen LogP contribution in [0.3, 0.4) is 0 Å². The molecule has 0 spiro atoms. The number of benzene rings is 3. The minimum atomic E-state index is -0.535. The van der Waals surface area contributed by atoms with Gasteiger partial charge in [0, 0.05) is 28.5 Å². The first-order valence-electron chi connectivity index (χ1n) is 6.66. The molecule has 0 aliphatic carbocycles. The van der Waals surface area contributed by atoms with Crippen LogP contribution in [0.15, 0.2) is 48.5 Å². The van der Waals surface area contributed by atoms with E-state index in [4.69, 9.17) is 0 Å². The van der Waals surface area contributed by atoms with Crippen LogP contribution in [-0.2, 0) is 0 Å². The Morgan fingerprint density at radius 2 is 1.52 bits per heavy atom. The van der Waals surface area contributed by atoms with Crippen LogP contribution in [0, 0.1) is 21.4 Å². The molecule has 0 bridgehead atoms. The summed E-state index contributed by atoms with van der Waals surface area (Å²) >= 11 is 0. The number of hydrogen-bond acceptors (Lipinski definition) is 5. The lowest BCUT2D eigenvalue weighted by molar-refractivity contribution is -0.384. The molecule has 0 amide bonds. The SMILES string of the molecule is N#Cc1c(-c2ccc([N+](=O)[O-])cc2)c(O)c2ccccc2c1O. The van der Waals surface area contributed by atoms with Gasteiger partial charge in [-0.05, 0) is 17.7 Å². The first-order chi connectivity index (χ1) is 11.0. The highest BCUT2D eigenvalue weighted by Gasteiger charge is 2.20. The van der Waals surface area contributed by atoms with Gasteiger partial charge in [0.25, 0.3) is 5.69 Å². The summed E-state index contributed by atoms with van der Waals surface area (Å²) in [6, 6.07) is 13.9. The van der Waals surface area contributed by atoms with Gasteiger partial charge >= 0.3 is 0 Å². The average Bonchev–Trinajstić information content (AvgIpc) is 2.58. The maximum Gasteiger partial charge on any atom is 0.269 e. The van der Waals surface area contributed by atoms with Gasteiger partial charge in [-0.1, -0.05) is 24.3 Å². The zero-order valence-corrected chi connectivity index (χ0v) is 11.7. The minimum absolute atomic E-state index is 0.0740. The number of hydrogen-bond donors (Lipinski definition) is 2. The number of phenols is 2. The van der Waals surface area contributed by atoms with E-state index in [0.29, 0.717) is 16.3 Å². The van der Waals surface area contributed by atoms with Crippen molar-refractivity contribution in [2.75, 3.05) is 0 Å². The second kappa shape index (κ2) is 5.31. The summed E-state index contributed by atoms with van der Waals surface area (Å²) in [4.78, 5) is 10.2. The van der Waals surface area contributed by atoms with Gasteiger partial charge in [0.1, 0.15) is 23.1 Å². The normalized spacial score (nSPS) is 10.4. The predicted octanol–water partition coefficient (Wildman–Crippen LogP) is 3.70. The maximum absolute atomic E-state index is 10.7. The summed E-state index contributed by atoms with van der Waals surface area (Å²) in [6.45, 7) is 0. The molecule has 0 aliphatic rings. The number of rotatable bonds is 2. The van der Waals surface area contributed by atoms with Crippen LogP contribution in [0.4, 0.5) is 5.69 Å². The van der Waals surface area contributed by atoms with Crippen molar-refractivity contribution >= 4 is 16.5 Å². The van der Waals surface area contributed by atoms with Crippen LogP contribution in [0.2, 0.25) is 0 Å². The van der Waals surface area contributed by atoms with E-state index < -0.39 is 4.92 Å². The Morgan fingerprint density at radius 1 is 0.957 bits per heavy atom. The number of nitrogens with zero attached hydrogens (tertiary/aromatic N) is 2. The number of fused-ring (bicyclic) bond motifs is 1. The molecule has 23 heavy (non-hydrogen) atoms. The Balaban J connectivity index is 2.34. The maximum atomic E-state index is 10.7. The van der Waals surface area contributed by atoms with Crippen LogP contribution < -0.4 is 0 Å². The molecule has 0 unspecified atom stereocenters. The van der Waals surface area contributed by atoms with Crippen molar-refractivity contribution in [3.8, 4) is 28.7 Å². The largest absolute Gasteiger partial charge is 0.507 e. The lowest BCUT2D eigenvalue weighted by Crippen LogP contribution is -1.91. The summed E-state index contributed by atoms with van der Waals surface area (Å²) in [7, 11) is 0. The van der Waals surface area contributed by atoms with Gasteiger partial charge in [-0.3, -0.25) is 10.1 Å². The molecule has 0 aliphatic heterocycles. The Labute approximate surface area is 130 Å². The van der Waals surface area contributed by atoms with Gasteiger partial charge in [0.2, 0.25) is 0 Å². The van der Waals surface area contributed by atoms with Gasteiger partial charge < -0.3 is 10.2 Å². The first kappa shape index (κ1) is 14.4. The molecule has 0 heterocycles. The Hall–Kier alpha value is -3.59. The highest BCUT2D eigenvalue weighted by atomic mass is 16.6. The van der Waals surface area contributed by atoms with Crippen LogP contribution in [0.25, 0.3) is 21.9 Å². The smallest absolute Gasteiger partial charge is 0.269 e. The molecule has 0 fully saturated rings. The zero-order valence-electron chi connectivity index (χ0n) is 11.7. The molecule has 0 saturated carbocycles. The average molecular weight is 306 g/mol. The number of aromatic hydroxyl groups is 2. The number of phenolic OH excluding ortho intramolecular Hbond substituents is 2. The van der Waals surface area contributed by atoms with Gasteiger partial charge in [-0.2, -0.15) is 5.26 Å². The van der Waals surface area contributed by atoms with Crippen LogP contribution in [-0.4, -0.2) is 15.1 Å². The molecule has 3 aromatic carbocycles. The van der Waals surface area contributed by atoms with Gasteiger partial charge in [0.15, 0.2) is 0 Å². The fourth-order valence-electron chi connectivity index (χ4n) is 2.54. The molecule has 6 nitrogen and oxygen atoms in total. The van der Waals surface area contributed by atoms with E-state index in [1.165, 1.54) is 24.3 Å². The van der Waals surface area contributed by atoms with E-state index in [2.05, 4.69) is 0 Å². The summed E-state index contributed by atoms with van der Waals surface area (Å²) < 4.78 is 0. The van der Waals surface area contributed by atoms with E-state index in [0.717, 1.165) is 0 Å². The quantitative estimate of drug-likeness (QED) is 0.426. The molecule has 3 aromatic rings. The Morgan fingerprint density at radius 3 is 2.04 bits per heavy atom. The molecule has 3 rings (SSSR count). The van der Waals surface area contributed by atoms with Crippen molar-refractivity contribution in [2.24, 2.45) is 0 Å². The van der Waals surface area contributed by atoms with Crippen molar-refractivity contribution in [2.45, 2.75) is 0 Å². The summed E-state index contributed by atoms with van der Waals surface area (Å²) in [5.74, 6) is -0.377. The van der Waals surface area contributed by atoms with Crippen molar-refractivity contribution in [1.29, 1.82) is 5.26 Å². The second-order valence-corrected chi connectivity index (χ2v) is 4.91. The van der Waals surface area contributed by atoms with Crippen molar-refractivity contribution in [3.05, 3.63) is 64.2 Å². The molecule has 0 aromatic heterocycles. The van der Waals surface area contributed by atoms with E-state index in [-0.39, 0.29) is 28.3 Å². The third-order valence-corrected chi connectivity index (χ3v) is 3.64. The highest BCUT2D eigenvalue weighted by Crippen LogP contribution is 2.44. The van der Waals surface area contributed by atoms with Crippen molar-refractivity contribution in [3.63, 3.8) is 0 Å². The Kier molecular flexibility index (Phi) is 3.31. The molecule has 0 radical (unpaired) electrons. The van der Waals surface area contributed by atoms with E-state index in [1.807, 2.05) is 6.07 Å². The van der Waals surface area contributed by atoms with E-state index in [1.54, 1.807) is 24.3 Å². The standard InChI is InChI=1S/C17H10N2O4/c18-9-14-15(10-5-7-11(8-6-10)19(22)23)17(21)13-4-2-1-3-12(13)16(14)20/h1-8,20-21H. The van der Waals surface area contributed by atoms with E-state index >= 15 is 0 Å². The van der Waals surface area contributed by atoms with Crippen LogP contribution in [0.5, 0.6) is 11.5 Å². The number of non-ortho nitro benzene ring substituents is 1. The Bertz CT molecular complexity index is 973. The summed E-state index contributed by atoms with van der Waals surface area (Å²) in [6.07, 6.45) is 0. The van der Waals surface area contributed by atoms with E-state index in [9.17, 15) is 25.6 Å². The van der Waals surface area contributed by atoms with Gasteiger partial charge in [-0.25, -0.2) is 0 Å². The van der Waals surface area contributed by atoms with Crippen molar-refractivity contribution < 1.29 is 15.1 Å². The predicted molar refractivity (Wildman–Crippen MR) is 84.1 cm³/mol. The monoisotopic (exact) mass is 306 g/mol. The molecule has 0 atom stereocenters. The van der Waals surface area contributed by atoms with Crippen LogP contribution in [0.1, 0.15) is 5.56 Å². The fraction of sp³-hybridized carbons (Fsp3) is 0. The van der Waals surface area contributed by atoms with Crippen molar-refractivity contribution in [1.82, 2.24) is 0 Å². The zero-order chi connectivity index (χ0) is 16.6. The van der Waals surface area contributed by atoms with Crippen LogP contribution >= 0.6 is 0 Å². The number of nitro groups is 1. The molecule has 2 N–H and O–H groups in total. The third-order valence-electron chi connectivity index (χ3n) is 3.64. The van der Waals surface area contributed by atoms with Gasteiger partial charge in [0.05, 0.1) is 4.92 Å².